The van der Waals surface area contributed by atoms with Gasteiger partial charge in [0, 0.05) is 17.9 Å². The standard InChI is InChI=1S/C26H25F7O4/c1-14-11-35-25(36-12-14)16-4-2-15(3-5-16)17-8-20(28)24(21(29)9-17)26(32,33)37-18-6-7-22(19(27)10-18)34-13-23(30)31/h6-10,13-16,25H,2-5,11-12H2,1H3. The Morgan fingerprint density at radius 1 is 0.919 bits per heavy atom. The molecule has 0 radical (unpaired) electrons. The van der Waals surface area contributed by atoms with Crippen molar-refractivity contribution in [3.63, 3.8) is 0 Å². The first kappa shape index (κ1) is 27.3. The first-order valence-electron chi connectivity index (χ1n) is 11.8. The number of rotatable bonds is 7. The zero-order chi connectivity index (χ0) is 26.7. The van der Waals surface area contributed by atoms with Crippen LogP contribution in [0.15, 0.2) is 42.7 Å². The van der Waals surface area contributed by atoms with Gasteiger partial charge in [0.05, 0.1) is 13.2 Å². The highest BCUT2D eigenvalue weighted by atomic mass is 19.3. The fourth-order valence-electron chi connectivity index (χ4n) is 4.67. The molecule has 11 heteroatoms. The van der Waals surface area contributed by atoms with Crippen LogP contribution in [0.2, 0.25) is 0 Å². The third-order valence-electron chi connectivity index (χ3n) is 6.50. The Kier molecular flexibility index (Phi) is 8.33. The van der Waals surface area contributed by atoms with Crippen LogP contribution in [0.4, 0.5) is 30.7 Å². The fourth-order valence-corrected chi connectivity index (χ4v) is 4.67. The topological polar surface area (TPSA) is 36.9 Å². The molecule has 0 atom stereocenters. The Morgan fingerprint density at radius 2 is 1.54 bits per heavy atom. The number of halogens is 7. The lowest BCUT2D eigenvalue weighted by Crippen LogP contribution is -2.37. The summed E-state index contributed by atoms with van der Waals surface area (Å²) < 4.78 is 117. The molecule has 4 rings (SSSR count). The van der Waals surface area contributed by atoms with Crippen molar-refractivity contribution < 1.29 is 49.7 Å². The molecule has 202 valence electrons. The predicted octanol–water partition coefficient (Wildman–Crippen LogP) is 7.63. The number of alkyl halides is 2. The number of ether oxygens (including phenoxy) is 4. The summed E-state index contributed by atoms with van der Waals surface area (Å²) in [5.41, 5.74) is -1.36. The minimum atomic E-state index is -4.49. The summed E-state index contributed by atoms with van der Waals surface area (Å²) in [5.74, 6) is -5.52. The first-order chi connectivity index (χ1) is 17.5. The van der Waals surface area contributed by atoms with Crippen LogP contribution < -0.4 is 9.47 Å². The molecule has 0 amide bonds. The smallest absolute Gasteiger partial charge is 0.432 e. The third kappa shape index (κ3) is 6.56. The molecule has 2 fully saturated rings. The van der Waals surface area contributed by atoms with Gasteiger partial charge in [0.1, 0.15) is 22.9 Å². The number of hydrogen-bond acceptors (Lipinski definition) is 4. The molecule has 0 unspecified atom stereocenters. The van der Waals surface area contributed by atoms with Crippen molar-refractivity contribution in [2.24, 2.45) is 11.8 Å². The molecule has 2 aliphatic rings. The second-order valence-electron chi connectivity index (χ2n) is 9.35. The number of benzene rings is 2. The molecule has 2 aromatic rings. The molecular formula is C26H25F7O4. The molecule has 1 aliphatic heterocycles. The Morgan fingerprint density at radius 3 is 2.11 bits per heavy atom. The molecule has 2 aromatic carbocycles. The van der Waals surface area contributed by atoms with Crippen molar-refractivity contribution in [3.8, 4) is 11.5 Å². The van der Waals surface area contributed by atoms with E-state index in [1.165, 1.54) is 0 Å². The Balaban J connectivity index is 1.43. The lowest BCUT2D eigenvalue weighted by Gasteiger charge is -2.37. The average molecular weight is 534 g/mol. The average Bonchev–Trinajstić information content (AvgIpc) is 2.83. The van der Waals surface area contributed by atoms with Gasteiger partial charge in [0.25, 0.3) is 0 Å². The normalized spacial score (nSPS) is 24.4. The van der Waals surface area contributed by atoms with Crippen LogP contribution in [0.1, 0.15) is 49.7 Å². The second-order valence-corrected chi connectivity index (χ2v) is 9.35. The van der Waals surface area contributed by atoms with E-state index in [0.717, 1.165) is 24.3 Å². The van der Waals surface area contributed by atoms with Crippen LogP contribution in [0.25, 0.3) is 0 Å². The van der Waals surface area contributed by atoms with Crippen molar-refractivity contribution >= 4 is 0 Å². The van der Waals surface area contributed by atoms with Crippen LogP contribution in [0.3, 0.4) is 0 Å². The first-order valence-corrected chi connectivity index (χ1v) is 11.8. The molecule has 1 aliphatic carbocycles. The van der Waals surface area contributed by atoms with Crippen molar-refractivity contribution in [1.82, 2.24) is 0 Å². The van der Waals surface area contributed by atoms with Crippen LogP contribution in [-0.4, -0.2) is 19.5 Å². The van der Waals surface area contributed by atoms with Gasteiger partial charge in [0.15, 0.2) is 24.1 Å². The van der Waals surface area contributed by atoms with E-state index < -0.39 is 46.7 Å². The van der Waals surface area contributed by atoms with E-state index in [-0.39, 0.29) is 30.0 Å². The Labute approximate surface area is 209 Å². The van der Waals surface area contributed by atoms with E-state index in [1.807, 2.05) is 6.92 Å². The molecule has 4 nitrogen and oxygen atoms in total. The molecular weight excluding hydrogens is 509 g/mol. The predicted molar refractivity (Wildman–Crippen MR) is 118 cm³/mol. The van der Waals surface area contributed by atoms with Crippen LogP contribution in [0.5, 0.6) is 11.5 Å². The van der Waals surface area contributed by atoms with Gasteiger partial charge in [-0.1, -0.05) is 6.92 Å². The lowest BCUT2D eigenvalue weighted by atomic mass is 9.78. The summed E-state index contributed by atoms with van der Waals surface area (Å²) >= 11 is 0. The molecule has 1 heterocycles. The molecule has 0 aromatic heterocycles. The molecule has 0 bridgehead atoms. The van der Waals surface area contributed by atoms with Gasteiger partial charge >= 0.3 is 12.2 Å². The van der Waals surface area contributed by atoms with E-state index in [0.29, 0.717) is 50.9 Å². The zero-order valence-corrected chi connectivity index (χ0v) is 19.8. The van der Waals surface area contributed by atoms with Gasteiger partial charge in [0.2, 0.25) is 0 Å². The highest BCUT2D eigenvalue weighted by Gasteiger charge is 2.42. The quantitative estimate of drug-likeness (QED) is 0.270. The van der Waals surface area contributed by atoms with Gasteiger partial charge in [-0.05, 0) is 61.4 Å². The van der Waals surface area contributed by atoms with Gasteiger partial charge in [-0.25, -0.2) is 13.2 Å². The van der Waals surface area contributed by atoms with Crippen molar-refractivity contribution in [1.29, 1.82) is 0 Å². The van der Waals surface area contributed by atoms with Crippen molar-refractivity contribution in [2.75, 3.05) is 13.2 Å². The fraction of sp³-hybridized carbons (Fsp3) is 0.462. The van der Waals surface area contributed by atoms with E-state index in [1.54, 1.807) is 0 Å². The van der Waals surface area contributed by atoms with Gasteiger partial charge in [-0.2, -0.15) is 17.6 Å². The van der Waals surface area contributed by atoms with Gasteiger partial charge in [-0.15, -0.1) is 0 Å². The van der Waals surface area contributed by atoms with Crippen LogP contribution in [-0.2, 0) is 15.6 Å². The largest absolute Gasteiger partial charge is 0.456 e. The molecule has 1 saturated heterocycles. The van der Waals surface area contributed by atoms with Crippen molar-refractivity contribution in [2.45, 2.75) is 50.9 Å². The van der Waals surface area contributed by atoms with Crippen LogP contribution in [0, 0.1) is 29.3 Å². The second kappa shape index (κ2) is 11.3. The molecule has 0 N–H and O–H groups in total. The summed E-state index contributed by atoms with van der Waals surface area (Å²) in [4.78, 5) is 0. The number of hydrogen-bond donors (Lipinski definition) is 0. The van der Waals surface area contributed by atoms with Crippen molar-refractivity contribution in [3.05, 3.63) is 71.3 Å². The minimum absolute atomic E-state index is 0.0374. The van der Waals surface area contributed by atoms with E-state index in [9.17, 15) is 30.7 Å². The lowest BCUT2D eigenvalue weighted by molar-refractivity contribution is -0.226. The maximum Gasteiger partial charge on any atom is 0.432 e. The summed E-state index contributed by atoms with van der Waals surface area (Å²) in [6.07, 6.45) is -4.50. The molecule has 37 heavy (non-hydrogen) atoms. The van der Waals surface area contributed by atoms with E-state index in [2.05, 4.69) is 9.47 Å². The zero-order valence-electron chi connectivity index (χ0n) is 19.8. The summed E-state index contributed by atoms with van der Waals surface area (Å²) in [5, 5.41) is 0. The highest BCUT2D eigenvalue weighted by Crippen LogP contribution is 2.42. The highest BCUT2D eigenvalue weighted by molar-refractivity contribution is 5.36. The Bertz CT molecular complexity index is 1100. The molecule has 0 spiro atoms. The van der Waals surface area contributed by atoms with E-state index >= 15 is 0 Å². The summed E-state index contributed by atoms with van der Waals surface area (Å²) in [6, 6.07) is 3.71. The van der Waals surface area contributed by atoms with Crippen LogP contribution >= 0.6 is 0 Å². The maximum atomic E-state index is 14.8. The summed E-state index contributed by atoms with van der Waals surface area (Å²) in [6.45, 7) is 3.25. The van der Waals surface area contributed by atoms with Gasteiger partial charge < -0.3 is 18.9 Å². The third-order valence-corrected chi connectivity index (χ3v) is 6.50. The summed E-state index contributed by atoms with van der Waals surface area (Å²) in [7, 11) is 0. The minimum Gasteiger partial charge on any atom is -0.456 e. The van der Waals surface area contributed by atoms with Gasteiger partial charge in [-0.3, -0.25) is 0 Å². The van der Waals surface area contributed by atoms with E-state index in [4.69, 9.17) is 9.47 Å². The monoisotopic (exact) mass is 534 g/mol. The SMILES string of the molecule is CC1COC(C2CCC(c3cc(F)c(C(F)(F)Oc4ccc(OC=C(F)F)c(F)c4)c(F)c3)CC2)OC1. The maximum absolute atomic E-state index is 14.8. The molecule has 1 saturated carbocycles. The Hall–Kier alpha value is -2.79.